The van der Waals surface area contributed by atoms with Crippen LogP contribution in [-0.2, 0) is 16.1 Å². The van der Waals surface area contributed by atoms with Gasteiger partial charge in [-0.25, -0.2) is 4.98 Å². The summed E-state index contributed by atoms with van der Waals surface area (Å²) in [7, 11) is 0. The van der Waals surface area contributed by atoms with Crippen molar-refractivity contribution in [3.63, 3.8) is 0 Å². The number of carbonyl (C=O) groups is 1. The average Bonchev–Trinajstić information content (AvgIpc) is 3.18. The molecule has 2 saturated heterocycles. The summed E-state index contributed by atoms with van der Waals surface area (Å²) in [5, 5.41) is 3.10. The normalized spacial score (nSPS) is 22.2. The summed E-state index contributed by atoms with van der Waals surface area (Å²) in [6, 6.07) is 1.81. The monoisotopic (exact) mass is 362 g/mol. The van der Waals surface area contributed by atoms with Crippen LogP contribution in [0.1, 0.15) is 39.7 Å². The van der Waals surface area contributed by atoms with Crippen LogP contribution in [0, 0.1) is 13.8 Å². The maximum atomic E-state index is 12.5. The molecule has 6 nitrogen and oxygen atoms in total. The minimum absolute atomic E-state index is 0.0577. The lowest BCUT2D eigenvalue weighted by Gasteiger charge is -2.52. The highest BCUT2D eigenvalue weighted by molar-refractivity contribution is 7.09. The maximum Gasteiger partial charge on any atom is 0.290 e. The summed E-state index contributed by atoms with van der Waals surface area (Å²) < 4.78 is 17.3. The van der Waals surface area contributed by atoms with Crippen LogP contribution >= 0.6 is 11.3 Å². The van der Waals surface area contributed by atoms with Crippen molar-refractivity contribution in [3.05, 3.63) is 39.7 Å². The van der Waals surface area contributed by atoms with Gasteiger partial charge in [-0.2, -0.15) is 0 Å². The third kappa shape index (κ3) is 3.36. The fourth-order valence-corrected chi connectivity index (χ4v) is 4.15. The van der Waals surface area contributed by atoms with Crippen molar-refractivity contribution in [1.29, 1.82) is 0 Å². The summed E-state index contributed by atoms with van der Waals surface area (Å²) in [6.45, 7) is 6.29. The van der Waals surface area contributed by atoms with Crippen LogP contribution < -0.4 is 0 Å². The lowest BCUT2D eigenvalue weighted by molar-refractivity contribution is -0.188. The van der Waals surface area contributed by atoms with Crippen LogP contribution in [0.5, 0.6) is 0 Å². The second kappa shape index (κ2) is 6.55. The lowest BCUT2D eigenvalue weighted by Crippen LogP contribution is -2.67. The summed E-state index contributed by atoms with van der Waals surface area (Å²) in [5.41, 5.74) is 1.59. The van der Waals surface area contributed by atoms with Crippen LogP contribution in [0.15, 0.2) is 22.1 Å². The Labute approximate surface area is 150 Å². The second-order valence-electron chi connectivity index (χ2n) is 6.91. The molecule has 1 atom stereocenters. The molecule has 4 heterocycles. The van der Waals surface area contributed by atoms with E-state index in [1.807, 2.05) is 25.3 Å². The van der Waals surface area contributed by atoms with E-state index in [9.17, 15) is 4.79 Å². The van der Waals surface area contributed by atoms with Gasteiger partial charge in [-0.15, -0.1) is 11.3 Å². The molecule has 25 heavy (non-hydrogen) atoms. The third-order valence-corrected chi connectivity index (χ3v) is 5.71. The molecule has 0 saturated carbocycles. The summed E-state index contributed by atoms with van der Waals surface area (Å²) in [4.78, 5) is 18.7. The molecule has 0 aliphatic carbocycles. The summed E-state index contributed by atoms with van der Waals surface area (Å²) >= 11 is 1.64. The highest BCUT2D eigenvalue weighted by Crippen LogP contribution is 2.36. The molecular formula is C18H22N2O4S. The van der Waals surface area contributed by atoms with Gasteiger partial charge in [0.05, 0.1) is 42.8 Å². The molecule has 2 aliphatic rings. The standard InChI is InChI=1S/C18H22N2O4S/c1-12-3-5-22-16(12)17(21)20-10-18(11-20)7-15(4-6-24-18)23-8-14-9-25-13(2)19-14/h3,5,9,15H,4,6-8,10-11H2,1-2H3. The molecule has 0 bridgehead atoms. The van der Waals surface area contributed by atoms with E-state index in [1.54, 1.807) is 22.5 Å². The van der Waals surface area contributed by atoms with Crippen molar-refractivity contribution < 1.29 is 18.7 Å². The predicted octanol–water partition coefficient (Wildman–Crippen LogP) is 2.94. The topological polar surface area (TPSA) is 64.8 Å². The van der Waals surface area contributed by atoms with Gasteiger partial charge in [0.2, 0.25) is 0 Å². The number of aromatic nitrogens is 1. The first-order chi connectivity index (χ1) is 12.0. The predicted molar refractivity (Wildman–Crippen MR) is 92.7 cm³/mol. The minimum atomic E-state index is -0.267. The number of aryl methyl sites for hydroxylation is 2. The molecule has 0 aromatic carbocycles. The summed E-state index contributed by atoms with van der Waals surface area (Å²) in [5.74, 6) is 0.370. The highest BCUT2D eigenvalue weighted by atomic mass is 32.1. The second-order valence-corrected chi connectivity index (χ2v) is 7.97. The molecule has 1 unspecified atom stereocenters. The van der Waals surface area contributed by atoms with Gasteiger partial charge in [-0.3, -0.25) is 4.79 Å². The van der Waals surface area contributed by atoms with Crippen LogP contribution in [-0.4, -0.2) is 47.2 Å². The molecular weight excluding hydrogens is 340 g/mol. The van der Waals surface area contributed by atoms with Gasteiger partial charge in [0.15, 0.2) is 5.76 Å². The molecule has 0 radical (unpaired) electrons. The van der Waals surface area contributed by atoms with Gasteiger partial charge in [-0.05, 0) is 26.3 Å². The Balaban J connectivity index is 1.31. The van der Waals surface area contributed by atoms with E-state index >= 15 is 0 Å². The zero-order chi connectivity index (χ0) is 17.4. The molecule has 2 fully saturated rings. The number of carbonyl (C=O) groups excluding carboxylic acids is 1. The minimum Gasteiger partial charge on any atom is -0.459 e. The number of ether oxygens (including phenoxy) is 2. The number of likely N-dealkylation sites (tertiary alicyclic amines) is 1. The number of amides is 1. The van der Waals surface area contributed by atoms with Gasteiger partial charge in [-0.1, -0.05) is 0 Å². The quantitative estimate of drug-likeness (QED) is 0.837. The number of thiazole rings is 1. The Hall–Kier alpha value is -1.70. The molecule has 0 N–H and O–H groups in total. The number of hydrogen-bond acceptors (Lipinski definition) is 6. The SMILES string of the molecule is Cc1nc(COC2CCOC3(C2)CN(C(=O)c2occc2C)C3)cs1. The molecule has 2 aromatic heterocycles. The van der Waals surface area contributed by atoms with Crippen molar-refractivity contribution in [3.8, 4) is 0 Å². The van der Waals surface area contributed by atoms with Gasteiger partial charge in [0.25, 0.3) is 5.91 Å². The third-order valence-electron chi connectivity index (χ3n) is 4.88. The van der Waals surface area contributed by atoms with Gasteiger partial charge in [0, 0.05) is 24.0 Å². The van der Waals surface area contributed by atoms with E-state index in [-0.39, 0.29) is 17.6 Å². The van der Waals surface area contributed by atoms with Gasteiger partial charge >= 0.3 is 0 Å². The van der Waals surface area contributed by atoms with Crippen LogP contribution in [0.3, 0.4) is 0 Å². The van der Waals surface area contributed by atoms with E-state index in [2.05, 4.69) is 4.98 Å². The van der Waals surface area contributed by atoms with E-state index in [0.717, 1.165) is 29.1 Å². The van der Waals surface area contributed by atoms with Crippen LogP contribution in [0.4, 0.5) is 0 Å². The van der Waals surface area contributed by atoms with Gasteiger partial charge in [0.1, 0.15) is 5.60 Å². The van der Waals surface area contributed by atoms with Crippen molar-refractivity contribution in [1.82, 2.24) is 9.88 Å². The first kappa shape index (κ1) is 16.8. The van der Waals surface area contributed by atoms with Crippen LogP contribution in [0.2, 0.25) is 0 Å². The first-order valence-electron chi connectivity index (χ1n) is 8.55. The van der Waals surface area contributed by atoms with Crippen molar-refractivity contribution >= 4 is 17.2 Å². The zero-order valence-electron chi connectivity index (χ0n) is 14.5. The van der Waals surface area contributed by atoms with E-state index in [1.165, 1.54) is 0 Å². The van der Waals surface area contributed by atoms with Crippen molar-refractivity contribution in [2.24, 2.45) is 0 Å². The number of hydrogen-bond donors (Lipinski definition) is 0. The Kier molecular flexibility index (Phi) is 4.39. The Bertz CT molecular complexity index is 763. The Morgan fingerprint density at radius 1 is 1.48 bits per heavy atom. The molecule has 4 rings (SSSR count). The lowest BCUT2D eigenvalue weighted by atomic mass is 9.84. The number of nitrogens with zero attached hydrogens (tertiary/aromatic N) is 2. The van der Waals surface area contributed by atoms with Crippen molar-refractivity contribution in [2.75, 3.05) is 19.7 Å². The zero-order valence-corrected chi connectivity index (χ0v) is 15.3. The molecule has 2 aliphatic heterocycles. The van der Waals surface area contributed by atoms with E-state index < -0.39 is 0 Å². The van der Waals surface area contributed by atoms with E-state index in [0.29, 0.717) is 32.1 Å². The smallest absolute Gasteiger partial charge is 0.290 e. The molecule has 2 aromatic rings. The van der Waals surface area contributed by atoms with E-state index in [4.69, 9.17) is 13.9 Å². The summed E-state index contributed by atoms with van der Waals surface area (Å²) in [6.07, 6.45) is 3.41. The van der Waals surface area contributed by atoms with Gasteiger partial charge < -0.3 is 18.8 Å². The number of rotatable bonds is 4. The molecule has 1 amide bonds. The fraction of sp³-hybridized carbons (Fsp3) is 0.556. The Morgan fingerprint density at radius 2 is 2.32 bits per heavy atom. The molecule has 134 valence electrons. The van der Waals surface area contributed by atoms with Crippen LogP contribution in [0.25, 0.3) is 0 Å². The largest absolute Gasteiger partial charge is 0.459 e. The maximum absolute atomic E-state index is 12.5. The molecule has 1 spiro atoms. The fourth-order valence-electron chi connectivity index (χ4n) is 3.55. The van der Waals surface area contributed by atoms with Crippen molar-refractivity contribution in [2.45, 2.75) is 45.0 Å². The first-order valence-corrected chi connectivity index (χ1v) is 9.43. The highest BCUT2D eigenvalue weighted by Gasteiger charge is 2.50. The Morgan fingerprint density at radius 3 is 3.00 bits per heavy atom. The molecule has 7 heteroatoms. The average molecular weight is 362 g/mol. The number of furan rings is 1.